The minimum atomic E-state index is -0.839. The molecular formula is C9H20N4O2. The van der Waals surface area contributed by atoms with E-state index >= 15 is 0 Å². The van der Waals surface area contributed by atoms with Gasteiger partial charge in [0.15, 0.2) is 5.96 Å². The Morgan fingerprint density at radius 3 is 2.53 bits per heavy atom. The van der Waals surface area contributed by atoms with E-state index < -0.39 is 12.0 Å². The highest BCUT2D eigenvalue weighted by atomic mass is 16.4. The number of aliphatic carboxylic acids is 1. The molecule has 2 unspecified atom stereocenters. The minimum Gasteiger partial charge on any atom is -0.480 e. The molecule has 0 radical (unpaired) electrons. The SMILES string of the molecule is CCNC(C(=O)O)C(C)CCN=C(N)N. The average Bonchev–Trinajstić information content (AvgIpc) is 2.12. The lowest BCUT2D eigenvalue weighted by Gasteiger charge is -2.19. The number of carboxylic acids is 1. The fourth-order valence-electron chi connectivity index (χ4n) is 1.32. The molecule has 0 rings (SSSR count). The quantitative estimate of drug-likeness (QED) is 0.333. The Morgan fingerprint density at radius 1 is 1.53 bits per heavy atom. The van der Waals surface area contributed by atoms with Crippen molar-refractivity contribution in [3.05, 3.63) is 0 Å². The van der Waals surface area contributed by atoms with Gasteiger partial charge in [-0.3, -0.25) is 9.79 Å². The van der Waals surface area contributed by atoms with Crippen molar-refractivity contribution in [2.24, 2.45) is 22.4 Å². The van der Waals surface area contributed by atoms with Gasteiger partial charge in [-0.05, 0) is 18.9 Å². The van der Waals surface area contributed by atoms with E-state index in [1.54, 1.807) is 0 Å². The molecule has 0 aliphatic carbocycles. The summed E-state index contributed by atoms with van der Waals surface area (Å²) in [5.74, 6) is -0.808. The van der Waals surface area contributed by atoms with Gasteiger partial charge in [0.05, 0.1) is 0 Å². The van der Waals surface area contributed by atoms with Crippen molar-refractivity contribution in [3.8, 4) is 0 Å². The lowest BCUT2D eigenvalue weighted by molar-refractivity contribution is -0.140. The molecule has 6 N–H and O–H groups in total. The first-order chi connectivity index (χ1) is 6.99. The number of nitrogens with zero attached hydrogens (tertiary/aromatic N) is 1. The van der Waals surface area contributed by atoms with Crippen molar-refractivity contribution in [1.29, 1.82) is 0 Å². The van der Waals surface area contributed by atoms with E-state index in [-0.39, 0.29) is 11.9 Å². The summed E-state index contributed by atoms with van der Waals surface area (Å²) in [6.45, 7) is 4.82. The van der Waals surface area contributed by atoms with Gasteiger partial charge >= 0.3 is 5.97 Å². The number of carboxylic acid groups (broad SMARTS) is 1. The second-order valence-corrected chi connectivity index (χ2v) is 3.45. The number of nitrogens with two attached hydrogens (primary N) is 2. The molecule has 0 fully saturated rings. The number of hydrogen-bond donors (Lipinski definition) is 4. The average molecular weight is 216 g/mol. The number of likely N-dealkylation sites (N-methyl/N-ethyl adjacent to an activating group) is 1. The van der Waals surface area contributed by atoms with Crippen molar-refractivity contribution in [2.75, 3.05) is 13.1 Å². The molecule has 0 bridgehead atoms. The lowest BCUT2D eigenvalue weighted by Crippen LogP contribution is -2.42. The van der Waals surface area contributed by atoms with Crippen LogP contribution in [0.1, 0.15) is 20.3 Å². The smallest absolute Gasteiger partial charge is 0.320 e. The van der Waals surface area contributed by atoms with Crippen molar-refractivity contribution in [1.82, 2.24) is 5.32 Å². The summed E-state index contributed by atoms with van der Waals surface area (Å²) in [6.07, 6.45) is 0.641. The third-order valence-electron chi connectivity index (χ3n) is 2.14. The molecule has 88 valence electrons. The van der Waals surface area contributed by atoms with Gasteiger partial charge in [0.1, 0.15) is 6.04 Å². The van der Waals surface area contributed by atoms with E-state index in [1.165, 1.54) is 0 Å². The van der Waals surface area contributed by atoms with Crippen molar-refractivity contribution >= 4 is 11.9 Å². The van der Waals surface area contributed by atoms with Gasteiger partial charge in [0, 0.05) is 6.54 Å². The summed E-state index contributed by atoms with van der Waals surface area (Å²) >= 11 is 0. The molecule has 0 amide bonds. The second-order valence-electron chi connectivity index (χ2n) is 3.45. The minimum absolute atomic E-state index is 0.00875. The van der Waals surface area contributed by atoms with Gasteiger partial charge in [-0.25, -0.2) is 0 Å². The van der Waals surface area contributed by atoms with Crippen LogP contribution in [0, 0.1) is 5.92 Å². The molecule has 0 aromatic heterocycles. The van der Waals surface area contributed by atoms with Crippen LogP contribution in [0.25, 0.3) is 0 Å². The van der Waals surface area contributed by atoms with Gasteiger partial charge in [0.25, 0.3) is 0 Å². The Morgan fingerprint density at radius 2 is 2.13 bits per heavy atom. The van der Waals surface area contributed by atoms with Gasteiger partial charge in [-0.15, -0.1) is 0 Å². The van der Waals surface area contributed by atoms with Crippen LogP contribution < -0.4 is 16.8 Å². The normalized spacial score (nSPS) is 14.3. The topological polar surface area (TPSA) is 114 Å². The molecule has 2 atom stereocenters. The monoisotopic (exact) mass is 216 g/mol. The molecule has 0 heterocycles. The molecule has 6 nitrogen and oxygen atoms in total. The van der Waals surface area contributed by atoms with Crippen molar-refractivity contribution in [2.45, 2.75) is 26.3 Å². The molecule has 0 aromatic carbocycles. The van der Waals surface area contributed by atoms with Gasteiger partial charge < -0.3 is 21.9 Å². The number of aliphatic imine (C=N–C) groups is 1. The zero-order chi connectivity index (χ0) is 11.8. The van der Waals surface area contributed by atoms with Gasteiger partial charge in [-0.2, -0.15) is 0 Å². The van der Waals surface area contributed by atoms with Gasteiger partial charge in [0.2, 0.25) is 0 Å². The van der Waals surface area contributed by atoms with E-state index in [4.69, 9.17) is 16.6 Å². The Labute approximate surface area is 89.7 Å². The summed E-state index contributed by atoms with van der Waals surface area (Å²) in [7, 11) is 0. The maximum Gasteiger partial charge on any atom is 0.320 e. The fourth-order valence-corrected chi connectivity index (χ4v) is 1.32. The van der Waals surface area contributed by atoms with Crippen LogP contribution in [0.3, 0.4) is 0 Å². The maximum atomic E-state index is 10.9. The maximum absolute atomic E-state index is 10.9. The van der Waals surface area contributed by atoms with E-state index in [0.717, 1.165) is 0 Å². The highest BCUT2D eigenvalue weighted by molar-refractivity contribution is 5.75. The summed E-state index contributed by atoms with van der Waals surface area (Å²) in [6, 6.07) is -0.538. The van der Waals surface area contributed by atoms with E-state index in [2.05, 4.69) is 10.3 Å². The van der Waals surface area contributed by atoms with Crippen LogP contribution in [0.5, 0.6) is 0 Å². The Bertz CT molecular complexity index is 226. The first kappa shape index (κ1) is 13.7. The van der Waals surface area contributed by atoms with Crippen LogP contribution in [-0.2, 0) is 4.79 Å². The van der Waals surface area contributed by atoms with Crippen molar-refractivity contribution < 1.29 is 9.90 Å². The number of carbonyl (C=O) groups is 1. The van der Waals surface area contributed by atoms with Crippen LogP contribution >= 0.6 is 0 Å². The molecule has 0 aliphatic rings. The predicted octanol–water partition coefficient (Wildman–Crippen LogP) is -0.651. The predicted molar refractivity (Wildman–Crippen MR) is 59.6 cm³/mol. The number of hydrogen-bond acceptors (Lipinski definition) is 3. The Hall–Kier alpha value is -1.30. The molecule has 15 heavy (non-hydrogen) atoms. The van der Waals surface area contributed by atoms with E-state index in [0.29, 0.717) is 19.5 Å². The molecular weight excluding hydrogens is 196 g/mol. The highest BCUT2D eigenvalue weighted by Gasteiger charge is 2.22. The van der Waals surface area contributed by atoms with Crippen LogP contribution in [0.15, 0.2) is 4.99 Å². The third kappa shape index (κ3) is 5.90. The van der Waals surface area contributed by atoms with Gasteiger partial charge in [-0.1, -0.05) is 13.8 Å². The van der Waals surface area contributed by atoms with Crippen LogP contribution in [0.4, 0.5) is 0 Å². The number of nitrogens with one attached hydrogen (secondary N) is 1. The van der Waals surface area contributed by atoms with Crippen molar-refractivity contribution in [3.63, 3.8) is 0 Å². The lowest BCUT2D eigenvalue weighted by atomic mass is 9.98. The zero-order valence-electron chi connectivity index (χ0n) is 9.23. The third-order valence-corrected chi connectivity index (χ3v) is 2.14. The molecule has 6 heteroatoms. The first-order valence-electron chi connectivity index (χ1n) is 5.00. The Kier molecular flexibility index (Phi) is 6.44. The first-order valence-corrected chi connectivity index (χ1v) is 5.00. The summed E-state index contributed by atoms with van der Waals surface area (Å²) in [5.41, 5.74) is 10.3. The van der Waals surface area contributed by atoms with E-state index in [9.17, 15) is 4.79 Å². The standard InChI is InChI=1S/C9H20N4O2/c1-3-12-7(8(14)15)6(2)4-5-13-9(10)11/h6-7,12H,3-5H2,1-2H3,(H,14,15)(H4,10,11,13). The molecule has 0 saturated heterocycles. The molecule has 0 spiro atoms. The summed E-state index contributed by atoms with van der Waals surface area (Å²) in [5, 5.41) is 11.8. The highest BCUT2D eigenvalue weighted by Crippen LogP contribution is 2.08. The summed E-state index contributed by atoms with van der Waals surface area (Å²) < 4.78 is 0. The molecule has 0 aliphatic heterocycles. The number of rotatable bonds is 7. The zero-order valence-corrected chi connectivity index (χ0v) is 9.23. The molecule has 0 aromatic rings. The number of guanidine groups is 1. The van der Waals surface area contributed by atoms with E-state index in [1.807, 2.05) is 13.8 Å². The molecule has 0 saturated carbocycles. The fraction of sp³-hybridized carbons (Fsp3) is 0.778. The second kappa shape index (κ2) is 7.05. The largest absolute Gasteiger partial charge is 0.480 e. The van der Waals surface area contributed by atoms with Crippen LogP contribution in [-0.4, -0.2) is 36.2 Å². The Balaban J connectivity index is 4.08. The summed E-state index contributed by atoms with van der Waals surface area (Å²) in [4.78, 5) is 14.7. The van der Waals surface area contributed by atoms with Crippen LogP contribution in [0.2, 0.25) is 0 Å².